The molecule has 0 aliphatic rings. The third kappa shape index (κ3) is 5.94. The molecule has 25 heavy (non-hydrogen) atoms. The van der Waals surface area contributed by atoms with Crippen molar-refractivity contribution in [2.45, 2.75) is 38.6 Å². The number of aromatic nitrogens is 1. The minimum Gasteiger partial charge on any atom is -0.374 e. The van der Waals surface area contributed by atoms with Gasteiger partial charge in [0.2, 0.25) is 0 Å². The second-order valence-corrected chi connectivity index (χ2v) is 7.53. The average Bonchev–Trinajstić information content (AvgIpc) is 2.64. The highest BCUT2D eigenvalue weighted by atomic mass is 32.2. The molecule has 1 aromatic carbocycles. The summed E-state index contributed by atoms with van der Waals surface area (Å²) in [4.78, 5) is 8.01. The standard InChI is InChI=1S/C20H29N3S2/c1-4-7-14-25-19-15-17(16-10-8-9-11-18(16)22-19)20(24)21-12-13-23(5-2)6-3/h8-11,15H,4-7,12-14H2,1-3H3,(H,21,24). The first-order chi connectivity index (χ1) is 12.2. The molecule has 0 atom stereocenters. The zero-order chi connectivity index (χ0) is 18.1. The summed E-state index contributed by atoms with van der Waals surface area (Å²) in [6, 6.07) is 10.4. The van der Waals surface area contributed by atoms with E-state index in [1.165, 1.54) is 12.8 Å². The van der Waals surface area contributed by atoms with E-state index in [-0.39, 0.29) is 0 Å². The number of rotatable bonds is 10. The van der Waals surface area contributed by atoms with Crippen LogP contribution in [0.1, 0.15) is 39.2 Å². The predicted molar refractivity (Wildman–Crippen MR) is 115 cm³/mol. The Kier molecular flexibility index (Phi) is 8.65. The molecule has 0 radical (unpaired) electrons. The lowest BCUT2D eigenvalue weighted by atomic mass is 10.1. The Morgan fingerprint density at radius 2 is 1.96 bits per heavy atom. The number of likely N-dealkylation sites (N-methyl/N-ethyl adjacent to an activating group) is 1. The molecule has 0 aliphatic carbocycles. The molecule has 2 rings (SSSR count). The van der Waals surface area contributed by atoms with Gasteiger partial charge in [-0.05, 0) is 37.4 Å². The highest BCUT2D eigenvalue weighted by Gasteiger charge is 2.10. The SMILES string of the molecule is CCCCSc1cc(C(=S)NCCN(CC)CC)c2ccccc2n1. The van der Waals surface area contributed by atoms with Crippen LogP contribution in [0.4, 0.5) is 0 Å². The number of thioether (sulfide) groups is 1. The molecule has 3 nitrogen and oxygen atoms in total. The van der Waals surface area contributed by atoms with Crippen molar-refractivity contribution < 1.29 is 0 Å². The van der Waals surface area contributed by atoms with Crippen LogP contribution in [0.25, 0.3) is 10.9 Å². The van der Waals surface area contributed by atoms with Crippen molar-refractivity contribution in [1.82, 2.24) is 15.2 Å². The second-order valence-electron chi connectivity index (χ2n) is 6.01. The number of hydrogen-bond acceptors (Lipinski definition) is 4. The fourth-order valence-electron chi connectivity index (χ4n) is 2.70. The summed E-state index contributed by atoms with van der Waals surface area (Å²) < 4.78 is 0. The number of nitrogens with zero attached hydrogens (tertiary/aromatic N) is 2. The molecule has 0 fully saturated rings. The van der Waals surface area contributed by atoms with E-state index >= 15 is 0 Å². The van der Waals surface area contributed by atoms with Gasteiger partial charge in [-0.2, -0.15) is 0 Å². The number of unbranched alkanes of at least 4 members (excludes halogenated alkanes) is 1. The van der Waals surface area contributed by atoms with E-state index in [0.717, 1.165) is 58.4 Å². The lowest BCUT2D eigenvalue weighted by Crippen LogP contribution is -2.34. The van der Waals surface area contributed by atoms with Crippen molar-refractivity contribution in [1.29, 1.82) is 0 Å². The van der Waals surface area contributed by atoms with E-state index in [4.69, 9.17) is 17.2 Å². The summed E-state index contributed by atoms with van der Waals surface area (Å²) >= 11 is 7.52. The number of benzene rings is 1. The highest BCUT2D eigenvalue weighted by molar-refractivity contribution is 7.99. The molecular weight excluding hydrogens is 346 g/mol. The van der Waals surface area contributed by atoms with Crippen LogP contribution >= 0.6 is 24.0 Å². The summed E-state index contributed by atoms with van der Waals surface area (Å²) in [6.45, 7) is 10.6. The summed E-state index contributed by atoms with van der Waals surface area (Å²) in [5.41, 5.74) is 2.12. The van der Waals surface area contributed by atoms with Gasteiger partial charge in [0.1, 0.15) is 4.99 Å². The molecule has 0 saturated heterocycles. The molecule has 0 unspecified atom stereocenters. The van der Waals surface area contributed by atoms with Crippen LogP contribution in [0, 0.1) is 0 Å². The van der Waals surface area contributed by atoms with E-state index in [0.29, 0.717) is 0 Å². The minimum atomic E-state index is 0.822. The van der Waals surface area contributed by atoms with E-state index in [1.54, 1.807) is 0 Å². The van der Waals surface area contributed by atoms with Crippen LogP contribution in [-0.4, -0.2) is 46.8 Å². The Balaban J connectivity index is 2.15. The number of pyridine rings is 1. The van der Waals surface area contributed by atoms with Crippen molar-refractivity contribution >= 4 is 39.9 Å². The predicted octanol–water partition coefficient (Wildman–Crippen LogP) is 4.73. The lowest BCUT2D eigenvalue weighted by Gasteiger charge is -2.19. The topological polar surface area (TPSA) is 28.2 Å². The van der Waals surface area contributed by atoms with E-state index in [9.17, 15) is 0 Å². The van der Waals surface area contributed by atoms with Gasteiger partial charge in [0.05, 0.1) is 10.5 Å². The highest BCUT2D eigenvalue weighted by Crippen LogP contribution is 2.25. The molecule has 0 saturated carbocycles. The molecule has 136 valence electrons. The van der Waals surface area contributed by atoms with Crippen molar-refractivity contribution in [2.24, 2.45) is 0 Å². The van der Waals surface area contributed by atoms with Gasteiger partial charge in [0, 0.05) is 24.0 Å². The van der Waals surface area contributed by atoms with Gasteiger partial charge in [-0.15, -0.1) is 11.8 Å². The smallest absolute Gasteiger partial charge is 0.107 e. The Morgan fingerprint density at radius 3 is 2.68 bits per heavy atom. The van der Waals surface area contributed by atoms with E-state index < -0.39 is 0 Å². The fourth-order valence-corrected chi connectivity index (χ4v) is 3.97. The Hall–Kier alpha value is -1.17. The average molecular weight is 376 g/mol. The molecular formula is C20H29N3S2. The molecule has 2 aromatic rings. The van der Waals surface area contributed by atoms with Crippen LogP contribution in [0.15, 0.2) is 35.4 Å². The van der Waals surface area contributed by atoms with Crippen molar-refractivity contribution in [3.05, 3.63) is 35.9 Å². The monoisotopic (exact) mass is 375 g/mol. The number of fused-ring (bicyclic) bond motifs is 1. The molecule has 1 heterocycles. The third-order valence-corrected chi connectivity index (χ3v) is 5.66. The largest absolute Gasteiger partial charge is 0.374 e. The van der Waals surface area contributed by atoms with Crippen LogP contribution in [0.2, 0.25) is 0 Å². The molecule has 1 N–H and O–H groups in total. The number of hydrogen-bond donors (Lipinski definition) is 1. The van der Waals surface area contributed by atoms with Crippen LogP contribution in [0.5, 0.6) is 0 Å². The number of para-hydroxylation sites is 1. The maximum atomic E-state index is 5.70. The zero-order valence-electron chi connectivity index (χ0n) is 15.5. The lowest BCUT2D eigenvalue weighted by molar-refractivity contribution is 0.309. The minimum absolute atomic E-state index is 0.822. The fraction of sp³-hybridized carbons (Fsp3) is 0.500. The maximum Gasteiger partial charge on any atom is 0.107 e. The first-order valence-corrected chi connectivity index (χ1v) is 10.6. The molecule has 0 spiro atoms. The van der Waals surface area contributed by atoms with Crippen LogP contribution in [0.3, 0.4) is 0 Å². The molecule has 0 aliphatic heterocycles. The quantitative estimate of drug-likeness (QED) is 0.368. The van der Waals surface area contributed by atoms with Gasteiger partial charge in [-0.3, -0.25) is 0 Å². The van der Waals surface area contributed by atoms with Gasteiger partial charge in [-0.25, -0.2) is 4.98 Å². The summed E-state index contributed by atoms with van der Waals surface area (Å²) in [6.07, 6.45) is 2.42. The Labute approximate surface area is 161 Å². The number of thiocarbonyl (C=S) groups is 1. The van der Waals surface area contributed by atoms with Crippen molar-refractivity contribution in [2.75, 3.05) is 31.9 Å². The van der Waals surface area contributed by atoms with E-state index in [2.05, 4.69) is 55.3 Å². The van der Waals surface area contributed by atoms with Gasteiger partial charge in [0.25, 0.3) is 0 Å². The second kappa shape index (κ2) is 10.7. The Morgan fingerprint density at radius 1 is 1.20 bits per heavy atom. The first-order valence-electron chi connectivity index (χ1n) is 9.22. The normalized spacial score (nSPS) is 11.2. The molecule has 0 bridgehead atoms. The van der Waals surface area contributed by atoms with Crippen LogP contribution < -0.4 is 5.32 Å². The molecule has 5 heteroatoms. The van der Waals surface area contributed by atoms with E-state index in [1.807, 2.05) is 17.8 Å². The van der Waals surface area contributed by atoms with Crippen molar-refractivity contribution in [3.63, 3.8) is 0 Å². The molecule has 1 aromatic heterocycles. The van der Waals surface area contributed by atoms with Gasteiger partial charge in [0.15, 0.2) is 0 Å². The first kappa shape index (κ1) is 20.1. The number of nitrogens with one attached hydrogen (secondary N) is 1. The third-order valence-electron chi connectivity index (χ3n) is 4.29. The summed E-state index contributed by atoms with van der Waals surface area (Å²) in [5.74, 6) is 1.10. The summed E-state index contributed by atoms with van der Waals surface area (Å²) in [7, 11) is 0. The summed E-state index contributed by atoms with van der Waals surface area (Å²) in [5, 5.41) is 5.63. The van der Waals surface area contributed by atoms with Gasteiger partial charge < -0.3 is 10.2 Å². The zero-order valence-corrected chi connectivity index (χ0v) is 17.2. The van der Waals surface area contributed by atoms with Gasteiger partial charge in [-0.1, -0.05) is 57.6 Å². The van der Waals surface area contributed by atoms with Crippen molar-refractivity contribution in [3.8, 4) is 0 Å². The molecule has 0 amide bonds. The Bertz CT molecular complexity index is 684. The van der Waals surface area contributed by atoms with Crippen LogP contribution in [-0.2, 0) is 0 Å². The van der Waals surface area contributed by atoms with Gasteiger partial charge >= 0.3 is 0 Å². The maximum absolute atomic E-state index is 5.70.